The topological polar surface area (TPSA) is 43.8 Å². The molecule has 1 heterocycles. The van der Waals surface area contributed by atoms with E-state index >= 15 is 0 Å². The fourth-order valence-electron chi connectivity index (χ4n) is 2.65. The lowest BCUT2D eigenvalue weighted by Gasteiger charge is -2.13. The van der Waals surface area contributed by atoms with Crippen LogP contribution in [0.25, 0.3) is 11.0 Å². The van der Waals surface area contributed by atoms with Gasteiger partial charge < -0.3 is 10.3 Å². The van der Waals surface area contributed by atoms with Gasteiger partial charge in [0.25, 0.3) is 0 Å². The first kappa shape index (κ1) is 12.9. The van der Waals surface area contributed by atoms with Gasteiger partial charge in [0.15, 0.2) is 0 Å². The maximum atomic E-state index is 6.32. The van der Waals surface area contributed by atoms with Gasteiger partial charge in [-0.25, -0.2) is 4.98 Å². The van der Waals surface area contributed by atoms with E-state index in [1.165, 1.54) is 5.52 Å². The first-order valence-corrected chi connectivity index (χ1v) is 7.04. The van der Waals surface area contributed by atoms with Crippen molar-refractivity contribution in [1.82, 2.24) is 9.55 Å². The van der Waals surface area contributed by atoms with Gasteiger partial charge in [-0.15, -0.1) is 0 Å². The van der Waals surface area contributed by atoms with Crippen molar-refractivity contribution in [2.24, 2.45) is 5.73 Å². The van der Waals surface area contributed by atoms with Gasteiger partial charge in [0, 0.05) is 19.0 Å². The number of benzene rings is 2. The molecule has 2 N–H and O–H groups in total. The summed E-state index contributed by atoms with van der Waals surface area (Å²) in [4.78, 5) is 4.73. The monoisotopic (exact) mass is 265 g/mol. The zero-order valence-corrected chi connectivity index (χ0v) is 11.7. The first-order valence-electron chi connectivity index (χ1n) is 7.04. The Morgan fingerprint density at radius 2 is 1.75 bits per heavy atom. The minimum atomic E-state index is -0.0155. The highest BCUT2D eigenvalue weighted by Gasteiger charge is 2.13. The molecule has 0 spiro atoms. The lowest BCUT2D eigenvalue weighted by atomic mass is 10.0. The zero-order chi connectivity index (χ0) is 13.9. The minimum Gasteiger partial charge on any atom is -0.328 e. The number of aromatic nitrogens is 2. The van der Waals surface area contributed by atoms with E-state index < -0.39 is 0 Å². The second-order valence-electron chi connectivity index (χ2n) is 4.98. The van der Waals surface area contributed by atoms with Crippen molar-refractivity contribution in [2.45, 2.75) is 25.9 Å². The molecule has 1 aromatic heterocycles. The molecule has 20 heavy (non-hydrogen) atoms. The van der Waals surface area contributed by atoms with E-state index in [1.54, 1.807) is 0 Å². The number of fused-ring (bicyclic) bond motifs is 1. The molecule has 0 aliphatic rings. The van der Waals surface area contributed by atoms with Gasteiger partial charge in [-0.2, -0.15) is 0 Å². The fraction of sp³-hybridized carbons (Fsp3) is 0.235. The summed E-state index contributed by atoms with van der Waals surface area (Å²) >= 11 is 0. The van der Waals surface area contributed by atoms with Crippen LogP contribution < -0.4 is 5.73 Å². The zero-order valence-electron chi connectivity index (χ0n) is 11.7. The summed E-state index contributed by atoms with van der Waals surface area (Å²) in [7, 11) is 0. The van der Waals surface area contributed by atoms with Gasteiger partial charge >= 0.3 is 0 Å². The standard InChI is InChI=1S/C17H19N3/c1-2-20-16-11-7-6-10-15(16)19-17(20)12-14(18)13-8-4-3-5-9-13/h3-11,14H,2,12,18H2,1H3. The van der Waals surface area contributed by atoms with Crippen molar-refractivity contribution in [1.29, 1.82) is 0 Å². The van der Waals surface area contributed by atoms with Crippen LogP contribution in [-0.4, -0.2) is 9.55 Å². The number of imidazole rings is 1. The molecule has 102 valence electrons. The van der Waals surface area contributed by atoms with E-state index in [9.17, 15) is 0 Å². The van der Waals surface area contributed by atoms with Gasteiger partial charge in [0.05, 0.1) is 11.0 Å². The average molecular weight is 265 g/mol. The molecular weight excluding hydrogens is 246 g/mol. The number of nitrogens with zero attached hydrogens (tertiary/aromatic N) is 2. The van der Waals surface area contributed by atoms with Crippen LogP contribution in [0.15, 0.2) is 54.6 Å². The lowest BCUT2D eigenvalue weighted by molar-refractivity contribution is 0.637. The summed E-state index contributed by atoms with van der Waals surface area (Å²) in [6.07, 6.45) is 0.756. The summed E-state index contributed by atoms with van der Waals surface area (Å²) in [5.41, 5.74) is 9.71. The molecule has 0 saturated carbocycles. The Morgan fingerprint density at radius 3 is 2.50 bits per heavy atom. The average Bonchev–Trinajstić information content (AvgIpc) is 2.85. The predicted molar refractivity (Wildman–Crippen MR) is 82.5 cm³/mol. The van der Waals surface area contributed by atoms with Crippen LogP contribution in [0, 0.1) is 0 Å². The second-order valence-corrected chi connectivity index (χ2v) is 4.98. The molecule has 0 aliphatic carbocycles. The fourth-order valence-corrected chi connectivity index (χ4v) is 2.65. The van der Waals surface area contributed by atoms with E-state index in [0.29, 0.717) is 0 Å². The molecule has 3 nitrogen and oxygen atoms in total. The van der Waals surface area contributed by atoms with Gasteiger partial charge in [-0.3, -0.25) is 0 Å². The van der Waals surface area contributed by atoms with Crippen LogP contribution in [-0.2, 0) is 13.0 Å². The minimum absolute atomic E-state index is 0.0155. The molecule has 3 heteroatoms. The summed E-state index contributed by atoms with van der Waals surface area (Å²) in [6.45, 7) is 3.06. The van der Waals surface area contributed by atoms with Crippen molar-refractivity contribution in [2.75, 3.05) is 0 Å². The second kappa shape index (κ2) is 5.47. The Bertz CT molecular complexity index is 701. The number of rotatable bonds is 4. The Balaban J connectivity index is 1.94. The van der Waals surface area contributed by atoms with Crippen molar-refractivity contribution >= 4 is 11.0 Å². The van der Waals surface area contributed by atoms with Gasteiger partial charge in [0.1, 0.15) is 5.82 Å². The smallest absolute Gasteiger partial charge is 0.111 e. The van der Waals surface area contributed by atoms with Crippen LogP contribution in [0.2, 0.25) is 0 Å². The molecule has 1 atom stereocenters. The van der Waals surface area contributed by atoms with Crippen LogP contribution in [0.4, 0.5) is 0 Å². The van der Waals surface area contributed by atoms with E-state index in [2.05, 4.69) is 41.8 Å². The quantitative estimate of drug-likeness (QED) is 0.786. The Labute approximate surface area is 119 Å². The molecular formula is C17H19N3. The summed E-state index contributed by atoms with van der Waals surface area (Å²) in [5.74, 6) is 1.06. The maximum Gasteiger partial charge on any atom is 0.111 e. The third-order valence-corrected chi connectivity index (χ3v) is 3.68. The van der Waals surface area contributed by atoms with E-state index in [4.69, 9.17) is 10.7 Å². The van der Waals surface area contributed by atoms with Crippen molar-refractivity contribution in [3.63, 3.8) is 0 Å². The Morgan fingerprint density at radius 1 is 1.05 bits per heavy atom. The van der Waals surface area contributed by atoms with E-state index in [1.807, 2.05) is 24.3 Å². The number of aryl methyl sites for hydroxylation is 1. The highest BCUT2D eigenvalue weighted by molar-refractivity contribution is 5.75. The highest BCUT2D eigenvalue weighted by Crippen LogP contribution is 2.20. The number of nitrogens with two attached hydrogens (primary N) is 1. The van der Waals surface area contributed by atoms with Crippen LogP contribution in [0.1, 0.15) is 24.4 Å². The van der Waals surface area contributed by atoms with Gasteiger partial charge in [0.2, 0.25) is 0 Å². The Hall–Kier alpha value is -2.13. The number of hydrogen-bond donors (Lipinski definition) is 1. The van der Waals surface area contributed by atoms with E-state index in [0.717, 1.165) is 29.9 Å². The largest absolute Gasteiger partial charge is 0.328 e. The third-order valence-electron chi connectivity index (χ3n) is 3.68. The SMILES string of the molecule is CCn1c(CC(N)c2ccccc2)nc2ccccc21. The molecule has 0 saturated heterocycles. The molecule has 3 rings (SSSR count). The molecule has 3 aromatic rings. The lowest BCUT2D eigenvalue weighted by Crippen LogP contribution is -2.16. The first-order chi connectivity index (χ1) is 9.79. The van der Waals surface area contributed by atoms with Crippen LogP contribution in [0.5, 0.6) is 0 Å². The van der Waals surface area contributed by atoms with Gasteiger partial charge in [-0.1, -0.05) is 42.5 Å². The van der Waals surface area contributed by atoms with Crippen molar-refractivity contribution in [3.8, 4) is 0 Å². The van der Waals surface area contributed by atoms with E-state index in [-0.39, 0.29) is 6.04 Å². The molecule has 0 amide bonds. The van der Waals surface area contributed by atoms with Gasteiger partial charge in [-0.05, 0) is 24.6 Å². The third kappa shape index (κ3) is 2.32. The highest BCUT2D eigenvalue weighted by atomic mass is 15.1. The normalized spacial score (nSPS) is 12.7. The van der Waals surface area contributed by atoms with Crippen molar-refractivity contribution < 1.29 is 0 Å². The molecule has 0 radical (unpaired) electrons. The summed E-state index contributed by atoms with van der Waals surface area (Å²) in [5, 5.41) is 0. The van der Waals surface area contributed by atoms with Crippen molar-refractivity contribution in [3.05, 3.63) is 66.0 Å². The predicted octanol–water partition coefficient (Wildman–Crippen LogP) is 3.30. The van der Waals surface area contributed by atoms with Crippen LogP contribution >= 0.6 is 0 Å². The number of hydrogen-bond acceptors (Lipinski definition) is 2. The molecule has 1 unspecified atom stereocenters. The number of para-hydroxylation sites is 2. The maximum absolute atomic E-state index is 6.32. The molecule has 2 aromatic carbocycles. The molecule has 0 aliphatic heterocycles. The molecule has 0 fully saturated rings. The summed E-state index contributed by atoms with van der Waals surface area (Å²) < 4.78 is 2.25. The van der Waals surface area contributed by atoms with Crippen LogP contribution in [0.3, 0.4) is 0 Å². The Kier molecular flexibility index (Phi) is 3.52. The molecule has 0 bridgehead atoms. The summed E-state index contributed by atoms with van der Waals surface area (Å²) in [6, 6.07) is 18.4.